The second kappa shape index (κ2) is 9.74. The molecular weight excluding hydrogens is 334 g/mol. The van der Waals surface area contributed by atoms with Crippen LogP contribution in [0.1, 0.15) is 27.0 Å². The van der Waals surface area contributed by atoms with Crippen molar-refractivity contribution in [3.63, 3.8) is 0 Å². The highest BCUT2D eigenvalue weighted by Crippen LogP contribution is 2.12. The van der Waals surface area contributed by atoms with Crippen LogP contribution in [-0.2, 0) is 12.3 Å². The third-order valence-electron chi connectivity index (χ3n) is 3.60. The molecule has 0 fully saturated rings. The maximum absolute atomic E-state index is 12.1. The first-order valence-electron chi connectivity index (χ1n) is 8.08. The van der Waals surface area contributed by atoms with Crippen LogP contribution in [0.25, 0.3) is 0 Å². The molecule has 4 N–H and O–H groups in total. The Morgan fingerprint density at radius 1 is 0.960 bits per heavy atom. The Hall–Kier alpha value is -2.47. The van der Waals surface area contributed by atoms with E-state index in [-0.39, 0.29) is 5.91 Å². The fourth-order valence-electron chi connectivity index (χ4n) is 2.18. The lowest BCUT2D eigenvalue weighted by molar-refractivity contribution is 0.0956. The van der Waals surface area contributed by atoms with Crippen molar-refractivity contribution in [2.24, 2.45) is 5.73 Å². The molecule has 6 heteroatoms. The van der Waals surface area contributed by atoms with Crippen LogP contribution in [-0.4, -0.2) is 24.2 Å². The number of benzene rings is 2. The lowest BCUT2D eigenvalue weighted by Gasteiger charge is -2.07. The van der Waals surface area contributed by atoms with E-state index in [0.717, 1.165) is 17.1 Å². The van der Waals surface area contributed by atoms with Crippen molar-refractivity contribution in [2.75, 3.05) is 12.3 Å². The van der Waals surface area contributed by atoms with Crippen LogP contribution in [0.4, 0.5) is 4.79 Å². The van der Waals surface area contributed by atoms with E-state index in [1.165, 1.54) is 11.1 Å². The molecule has 0 heterocycles. The van der Waals surface area contributed by atoms with Gasteiger partial charge >= 0.3 is 6.03 Å². The summed E-state index contributed by atoms with van der Waals surface area (Å²) in [6.45, 7) is 3.06. The molecule has 0 unspecified atom stereocenters. The highest BCUT2D eigenvalue weighted by Gasteiger charge is 2.05. The Morgan fingerprint density at radius 2 is 1.60 bits per heavy atom. The first kappa shape index (κ1) is 18.9. The van der Waals surface area contributed by atoms with Crippen molar-refractivity contribution in [3.05, 3.63) is 70.8 Å². The summed E-state index contributed by atoms with van der Waals surface area (Å²) in [7, 11) is 0. The van der Waals surface area contributed by atoms with E-state index in [0.29, 0.717) is 18.7 Å². The molecule has 2 aromatic carbocycles. The van der Waals surface area contributed by atoms with Crippen LogP contribution < -0.4 is 16.4 Å². The number of carbonyl (C=O) groups excluding carboxylic acids is 2. The minimum absolute atomic E-state index is 0.0923. The molecule has 25 heavy (non-hydrogen) atoms. The van der Waals surface area contributed by atoms with E-state index in [9.17, 15) is 9.59 Å². The zero-order chi connectivity index (χ0) is 18.1. The van der Waals surface area contributed by atoms with Crippen LogP contribution in [0.3, 0.4) is 0 Å². The van der Waals surface area contributed by atoms with E-state index in [2.05, 4.69) is 41.8 Å². The maximum Gasteiger partial charge on any atom is 0.312 e. The Morgan fingerprint density at radius 3 is 2.24 bits per heavy atom. The van der Waals surface area contributed by atoms with Crippen molar-refractivity contribution >= 4 is 23.7 Å². The molecule has 0 aliphatic carbocycles. The molecule has 3 amide bonds. The van der Waals surface area contributed by atoms with Crippen molar-refractivity contribution < 1.29 is 9.59 Å². The van der Waals surface area contributed by atoms with E-state index < -0.39 is 6.03 Å². The molecule has 5 nitrogen and oxygen atoms in total. The van der Waals surface area contributed by atoms with Gasteiger partial charge in [-0.2, -0.15) is 11.8 Å². The van der Waals surface area contributed by atoms with Crippen LogP contribution in [0, 0.1) is 6.92 Å². The normalized spacial score (nSPS) is 10.3. The van der Waals surface area contributed by atoms with Gasteiger partial charge in [0.2, 0.25) is 0 Å². The summed E-state index contributed by atoms with van der Waals surface area (Å²) in [5, 5.41) is 5.43. The number of hydrogen-bond donors (Lipinski definition) is 3. The third kappa shape index (κ3) is 6.89. The summed E-state index contributed by atoms with van der Waals surface area (Å²) in [6.07, 6.45) is 0. The summed E-state index contributed by atoms with van der Waals surface area (Å²) in [6, 6.07) is 15.0. The van der Waals surface area contributed by atoms with Gasteiger partial charge in [-0.25, -0.2) is 4.79 Å². The maximum atomic E-state index is 12.1. The van der Waals surface area contributed by atoms with Gasteiger partial charge < -0.3 is 16.4 Å². The van der Waals surface area contributed by atoms with Crippen LogP contribution in [0.15, 0.2) is 48.5 Å². The Labute approximate surface area is 152 Å². The summed E-state index contributed by atoms with van der Waals surface area (Å²) < 4.78 is 0. The second-order valence-electron chi connectivity index (χ2n) is 5.71. The number of hydrogen-bond acceptors (Lipinski definition) is 3. The zero-order valence-corrected chi connectivity index (χ0v) is 15.1. The molecule has 0 bridgehead atoms. The predicted octanol–water partition coefficient (Wildman–Crippen LogP) is 2.83. The molecule has 0 saturated carbocycles. The minimum atomic E-state index is -0.565. The standard InChI is InChI=1S/C19H23N3O2S/c1-14-2-4-16(5-3-14)13-25-11-10-21-18(23)17-8-6-15(7-9-17)12-22-19(20)24/h2-9H,10-13H2,1H3,(H,21,23)(H3,20,22,24). The average molecular weight is 357 g/mol. The lowest BCUT2D eigenvalue weighted by atomic mass is 10.1. The first-order valence-corrected chi connectivity index (χ1v) is 9.24. The predicted molar refractivity (Wildman–Crippen MR) is 103 cm³/mol. The number of amides is 3. The SMILES string of the molecule is Cc1ccc(CSCCNC(=O)c2ccc(CNC(N)=O)cc2)cc1. The van der Waals surface area contributed by atoms with Crippen molar-refractivity contribution in [2.45, 2.75) is 19.2 Å². The quantitative estimate of drug-likeness (QED) is 0.635. The summed E-state index contributed by atoms with van der Waals surface area (Å²) in [5.41, 5.74) is 9.08. The van der Waals surface area contributed by atoms with Crippen LogP contribution in [0.5, 0.6) is 0 Å². The van der Waals surface area contributed by atoms with E-state index in [4.69, 9.17) is 5.73 Å². The topological polar surface area (TPSA) is 84.2 Å². The molecule has 0 aromatic heterocycles. The second-order valence-corrected chi connectivity index (χ2v) is 6.81. The molecule has 0 spiro atoms. The van der Waals surface area contributed by atoms with Crippen molar-refractivity contribution in [3.8, 4) is 0 Å². The minimum Gasteiger partial charge on any atom is -0.352 e. The van der Waals surface area contributed by atoms with E-state index in [1.54, 1.807) is 36.0 Å². The molecule has 132 valence electrons. The molecule has 0 aliphatic heterocycles. The number of carbonyl (C=O) groups is 2. The summed E-state index contributed by atoms with van der Waals surface area (Å²) in [4.78, 5) is 22.8. The van der Waals surface area contributed by atoms with E-state index >= 15 is 0 Å². The molecule has 2 rings (SSSR count). The molecule has 0 atom stereocenters. The highest BCUT2D eigenvalue weighted by atomic mass is 32.2. The average Bonchev–Trinajstić information content (AvgIpc) is 2.61. The number of rotatable bonds is 8. The number of urea groups is 1. The fraction of sp³-hybridized carbons (Fsp3) is 0.263. The number of primary amides is 1. The Bertz CT molecular complexity index is 700. The first-order chi connectivity index (χ1) is 12.0. The smallest absolute Gasteiger partial charge is 0.312 e. The van der Waals surface area contributed by atoms with Gasteiger partial charge in [0.25, 0.3) is 5.91 Å². The zero-order valence-electron chi connectivity index (χ0n) is 14.2. The van der Waals surface area contributed by atoms with Gasteiger partial charge in [0.1, 0.15) is 0 Å². The monoisotopic (exact) mass is 357 g/mol. The number of nitrogens with two attached hydrogens (primary N) is 1. The summed E-state index contributed by atoms with van der Waals surface area (Å²) >= 11 is 1.79. The highest BCUT2D eigenvalue weighted by molar-refractivity contribution is 7.98. The van der Waals surface area contributed by atoms with Gasteiger partial charge in [-0.3, -0.25) is 4.79 Å². The molecule has 2 aromatic rings. The van der Waals surface area contributed by atoms with Gasteiger partial charge in [-0.15, -0.1) is 0 Å². The van der Waals surface area contributed by atoms with Gasteiger partial charge in [0.05, 0.1) is 0 Å². The van der Waals surface area contributed by atoms with Gasteiger partial charge in [-0.05, 0) is 30.2 Å². The largest absolute Gasteiger partial charge is 0.352 e. The number of aryl methyl sites for hydroxylation is 1. The van der Waals surface area contributed by atoms with Crippen LogP contribution >= 0.6 is 11.8 Å². The molecular formula is C19H23N3O2S. The van der Waals surface area contributed by atoms with Gasteiger partial charge in [0.15, 0.2) is 0 Å². The molecule has 0 saturated heterocycles. The molecule has 0 radical (unpaired) electrons. The van der Waals surface area contributed by atoms with E-state index in [1.807, 2.05) is 0 Å². The van der Waals surface area contributed by atoms with Crippen molar-refractivity contribution in [1.82, 2.24) is 10.6 Å². The number of thioether (sulfide) groups is 1. The Balaban J connectivity index is 1.67. The summed E-state index contributed by atoms with van der Waals surface area (Å²) in [5.74, 6) is 1.71. The third-order valence-corrected chi connectivity index (χ3v) is 4.63. The van der Waals surface area contributed by atoms with Crippen LogP contribution in [0.2, 0.25) is 0 Å². The van der Waals surface area contributed by atoms with Gasteiger partial charge in [-0.1, -0.05) is 42.0 Å². The molecule has 0 aliphatic rings. The Kier molecular flexibility index (Phi) is 7.35. The fourth-order valence-corrected chi connectivity index (χ4v) is 3.00. The van der Waals surface area contributed by atoms with Crippen molar-refractivity contribution in [1.29, 1.82) is 0 Å². The number of nitrogens with one attached hydrogen (secondary N) is 2. The lowest BCUT2D eigenvalue weighted by Crippen LogP contribution is -2.28. The van der Waals surface area contributed by atoms with Gasteiger partial charge in [0, 0.05) is 30.2 Å².